The van der Waals surface area contributed by atoms with Gasteiger partial charge in [-0.1, -0.05) is 54.1 Å². The van der Waals surface area contributed by atoms with Gasteiger partial charge in [0.25, 0.3) is 5.69 Å². The molecule has 5 heteroatoms. The van der Waals surface area contributed by atoms with Gasteiger partial charge in [0, 0.05) is 17.8 Å². The number of benzene rings is 3. The van der Waals surface area contributed by atoms with E-state index >= 15 is 0 Å². The monoisotopic (exact) mass is 358 g/mol. The first-order valence-corrected chi connectivity index (χ1v) is 8.75. The lowest BCUT2D eigenvalue weighted by Gasteiger charge is -2.37. The number of hydrogen-bond donors (Lipinski definition) is 0. The molecule has 1 amide bonds. The summed E-state index contributed by atoms with van der Waals surface area (Å²) < 4.78 is 0. The van der Waals surface area contributed by atoms with Gasteiger partial charge in [0.1, 0.15) is 0 Å². The molecule has 3 aromatic carbocycles. The molecule has 0 aliphatic carbocycles. The van der Waals surface area contributed by atoms with Crippen LogP contribution in [0.1, 0.15) is 28.3 Å². The second-order valence-electron chi connectivity index (χ2n) is 6.73. The van der Waals surface area contributed by atoms with Crippen LogP contribution in [0, 0.1) is 17.0 Å². The summed E-state index contributed by atoms with van der Waals surface area (Å²) in [6.07, 6.45) is 0.315. The van der Waals surface area contributed by atoms with E-state index in [0.29, 0.717) is 6.42 Å². The van der Waals surface area contributed by atoms with E-state index in [2.05, 4.69) is 0 Å². The molecular weight excluding hydrogens is 340 g/mol. The van der Waals surface area contributed by atoms with Crippen LogP contribution in [0.25, 0.3) is 0 Å². The summed E-state index contributed by atoms with van der Waals surface area (Å²) in [5, 5.41) is 11.3. The minimum atomic E-state index is -0.406. The Morgan fingerprint density at radius 3 is 2.48 bits per heavy atom. The number of non-ortho nitro benzene ring substituents is 1. The maximum absolute atomic E-state index is 13.0. The molecule has 0 radical (unpaired) electrons. The molecule has 0 spiro atoms. The lowest BCUT2D eigenvalue weighted by atomic mass is 9.87. The number of nitro benzene ring substituents is 1. The molecule has 1 heterocycles. The fourth-order valence-corrected chi connectivity index (χ4v) is 3.63. The largest absolute Gasteiger partial charge is 0.300 e. The number of hydrogen-bond acceptors (Lipinski definition) is 3. The number of carbonyl (C=O) groups excluding carboxylic acids is 1. The zero-order valence-corrected chi connectivity index (χ0v) is 14.8. The van der Waals surface area contributed by atoms with Gasteiger partial charge in [0.05, 0.1) is 17.4 Å². The van der Waals surface area contributed by atoms with Crippen LogP contribution in [0.3, 0.4) is 0 Å². The molecule has 0 bridgehead atoms. The van der Waals surface area contributed by atoms with E-state index in [4.69, 9.17) is 0 Å². The Labute approximate surface area is 157 Å². The van der Waals surface area contributed by atoms with Gasteiger partial charge in [-0.15, -0.1) is 0 Å². The second kappa shape index (κ2) is 6.68. The van der Waals surface area contributed by atoms with Gasteiger partial charge in [-0.2, -0.15) is 0 Å². The fraction of sp³-hybridized carbons (Fsp3) is 0.136. The van der Waals surface area contributed by atoms with Gasteiger partial charge in [0.2, 0.25) is 5.91 Å². The van der Waals surface area contributed by atoms with Crippen LogP contribution in [0.5, 0.6) is 0 Å². The van der Waals surface area contributed by atoms with E-state index in [1.54, 1.807) is 17.0 Å². The standard InChI is InChI=1S/C22H18N2O3/c1-15-9-11-18(12-10-15)23-21(25)14-16-5-2-3-8-20(16)22(23)17-6-4-7-19(13-17)24(26)27/h2-13,22H,14H2,1H3. The molecule has 134 valence electrons. The van der Waals surface area contributed by atoms with Gasteiger partial charge in [-0.25, -0.2) is 0 Å². The molecule has 0 N–H and O–H groups in total. The van der Waals surface area contributed by atoms with Crippen molar-refractivity contribution in [3.05, 3.63) is 105 Å². The number of amides is 1. The first kappa shape index (κ1) is 17.0. The number of nitrogens with zero attached hydrogens (tertiary/aromatic N) is 2. The summed E-state index contributed by atoms with van der Waals surface area (Å²) in [6, 6.07) is 21.7. The van der Waals surface area contributed by atoms with Crippen molar-refractivity contribution in [2.75, 3.05) is 4.90 Å². The van der Waals surface area contributed by atoms with E-state index in [1.807, 2.05) is 61.5 Å². The van der Waals surface area contributed by atoms with Crippen molar-refractivity contribution in [2.24, 2.45) is 0 Å². The predicted molar refractivity (Wildman–Crippen MR) is 104 cm³/mol. The van der Waals surface area contributed by atoms with Crippen LogP contribution in [0.15, 0.2) is 72.8 Å². The molecule has 3 aromatic rings. The Kier molecular flexibility index (Phi) is 4.20. The van der Waals surface area contributed by atoms with Crippen molar-refractivity contribution in [2.45, 2.75) is 19.4 Å². The maximum atomic E-state index is 13.0. The van der Waals surface area contributed by atoms with Gasteiger partial charge < -0.3 is 4.90 Å². The molecule has 5 nitrogen and oxygen atoms in total. The summed E-state index contributed by atoms with van der Waals surface area (Å²) in [5.74, 6) is -0.0194. The number of fused-ring (bicyclic) bond motifs is 1. The lowest BCUT2D eigenvalue weighted by Crippen LogP contribution is -2.41. The second-order valence-corrected chi connectivity index (χ2v) is 6.73. The highest BCUT2D eigenvalue weighted by Gasteiger charge is 2.35. The zero-order valence-electron chi connectivity index (χ0n) is 14.8. The minimum Gasteiger partial charge on any atom is -0.300 e. The van der Waals surface area contributed by atoms with Gasteiger partial charge in [-0.3, -0.25) is 14.9 Å². The van der Waals surface area contributed by atoms with Crippen molar-refractivity contribution in [3.8, 4) is 0 Å². The molecule has 0 aromatic heterocycles. The normalized spacial score (nSPS) is 16.1. The molecule has 0 fully saturated rings. The summed E-state index contributed by atoms with van der Waals surface area (Å²) in [7, 11) is 0. The summed E-state index contributed by atoms with van der Waals surface area (Å²) in [5.41, 5.74) is 4.60. The molecular formula is C22H18N2O3. The van der Waals surface area contributed by atoms with Crippen LogP contribution in [0.2, 0.25) is 0 Å². The van der Waals surface area contributed by atoms with E-state index in [1.165, 1.54) is 6.07 Å². The molecule has 27 heavy (non-hydrogen) atoms. The minimum absolute atomic E-state index is 0.0194. The smallest absolute Gasteiger partial charge is 0.269 e. The number of aryl methyl sites for hydroxylation is 1. The van der Waals surface area contributed by atoms with Crippen molar-refractivity contribution in [1.82, 2.24) is 0 Å². The van der Waals surface area contributed by atoms with E-state index in [9.17, 15) is 14.9 Å². The highest BCUT2D eigenvalue weighted by Crippen LogP contribution is 2.39. The van der Waals surface area contributed by atoms with Gasteiger partial charge >= 0.3 is 0 Å². The predicted octanol–water partition coefficient (Wildman–Crippen LogP) is 4.58. The average Bonchev–Trinajstić information content (AvgIpc) is 2.68. The Balaban J connectivity index is 1.91. The first-order valence-electron chi connectivity index (χ1n) is 8.75. The Morgan fingerprint density at radius 1 is 1.00 bits per heavy atom. The topological polar surface area (TPSA) is 63.5 Å². The lowest BCUT2D eigenvalue weighted by molar-refractivity contribution is -0.384. The molecule has 1 atom stereocenters. The Morgan fingerprint density at radius 2 is 1.74 bits per heavy atom. The Bertz CT molecular complexity index is 1030. The first-order chi connectivity index (χ1) is 13.0. The third-order valence-electron chi connectivity index (χ3n) is 4.93. The molecule has 4 rings (SSSR count). The third kappa shape index (κ3) is 3.08. The SMILES string of the molecule is Cc1ccc(N2C(=O)Cc3ccccc3C2c2cccc([N+](=O)[O-])c2)cc1. The zero-order chi connectivity index (χ0) is 19.0. The van der Waals surface area contributed by atoms with Crippen molar-refractivity contribution < 1.29 is 9.72 Å². The van der Waals surface area contributed by atoms with Crippen LogP contribution in [-0.2, 0) is 11.2 Å². The summed E-state index contributed by atoms with van der Waals surface area (Å²) in [6.45, 7) is 2.00. The number of nitro groups is 1. The maximum Gasteiger partial charge on any atom is 0.269 e. The van der Waals surface area contributed by atoms with Crippen molar-refractivity contribution in [1.29, 1.82) is 0 Å². The van der Waals surface area contributed by atoms with Crippen LogP contribution in [-0.4, -0.2) is 10.8 Å². The molecule has 0 saturated heterocycles. The molecule has 1 aliphatic heterocycles. The van der Waals surface area contributed by atoms with E-state index in [-0.39, 0.29) is 11.6 Å². The quantitative estimate of drug-likeness (QED) is 0.508. The highest BCUT2D eigenvalue weighted by molar-refractivity contribution is 5.98. The average molecular weight is 358 g/mol. The molecule has 1 unspecified atom stereocenters. The van der Waals surface area contributed by atoms with Crippen molar-refractivity contribution in [3.63, 3.8) is 0 Å². The highest BCUT2D eigenvalue weighted by atomic mass is 16.6. The molecule has 1 aliphatic rings. The summed E-state index contributed by atoms with van der Waals surface area (Å²) >= 11 is 0. The van der Waals surface area contributed by atoms with Crippen LogP contribution in [0.4, 0.5) is 11.4 Å². The third-order valence-corrected chi connectivity index (χ3v) is 4.93. The fourth-order valence-electron chi connectivity index (χ4n) is 3.63. The van der Waals surface area contributed by atoms with Crippen molar-refractivity contribution >= 4 is 17.3 Å². The molecule has 0 saturated carbocycles. The van der Waals surface area contributed by atoms with E-state index < -0.39 is 11.0 Å². The van der Waals surface area contributed by atoms with Gasteiger partial charge in [0.15, 0.2) is 0 Å². The van der Waals surface area contributed by atoms with Gasteiger partial charge in [-0.05, 0) is 35.7 Å². The van der Waals surface area contributed by atoms with E-state index in [0.717, 1.165) is 27.9 Å². The van der Waals surface area contributed by atoms with Crippen LogP contribution >= 0.6 is 0 Å². The summed E-state index contributed by atoms with van der Waals surface area (Å²) in [4.78, 5) is 25.6. The number of rotatable bonds is 3. The van der Waals surface area contributed by atoms with Crippen LogP contribution < -0.4 is 4.90 Å². The number of anilines is 1. The Hall–Kier alpha value is -3.47. The number of carbonyl (C=O) groups is 1.